The van der Waals surface area contributed by atoms with Crippen LogP contribution in [-0.4, -0.2) is 39.6 Å². The van der Waals surface area contributed by atoms with Gasteiger partial charge in [-0.05, 0) is 18.2 Å². The van der Waals surface area contributed by atoms with E-state index in [1.165, 1.54) is 21.3 Å². The lowest BCUT2D eigenvalue weighted by atomic mass is 10.2. The van der Waals surface area contributed by atoms with Crippen molar-refractivity contribution in [2.75, 3.05) is 27.8 Å². The largest absolute Gasteiger partial charge is 0.493 e. The van der Waals surface area contributed by atoms with E-state index in [1.807, 2.05) is 0 Å². The fourth-order valence-corrected chi connectivity index (χ4v) is 1.33. The number of likely N-dealkylation sites (N-methyl/N-ethyl adjacent to an activating group) is 1. The molecule has 0 aromatic heterocycles. The van der Waals surface area contributed by atoms with Gasteiger partial charge in [-0.15, -0.1) is 0 Å². The lowest BCUT2D eigenvalue weighted by Crippen LogP contribution is -2.35. The molecule has 2 N–H and O–H groups in total. The zero-order valence-corrected chi connectivity index (χ0v) is 10.6. The molecule has 0 aliphatic rings. The number of methoxy groups -OCH3 is 2. The number of hydrogen-bond acceptors (Lipinski definition) is 4. The summed E-state index contributed by atoms with van der Waals surface area (Å²) >= 11 is 0. The smallest absolute Gasteiger partial charge is 0.251 e. The van der Waals surface area contributed by atoms with E-state index < -0.39 is 0 Å². The summed E-state index contributed by atoms with van der Waals surface area (Å²) in [6.45, 7) is -0.0658. The van der Waals surface area contributed by atoms with Crippen LogP contribution in [0, 0.1) is 0 Å². The maximum atomic E-state index is 11.7. The summed E-state index contributed by atoms with van der Waals surface area (Å²) in [6, 6.07) is 4.78. The van der Waals surface area contributed by atoms with Crippen molar-refractivity contribution in [3.05, 3.63) is 23.8 Å². The van der Waals surface area contributed by atoms with Gasteiger partial charge in [0.1, 0.15) is 0 Å². The first-order valence-electron chi connectivity index (χ1n) is 5.33. The number of hydrogen-bond donors (Lipinski definition) is 2. The first-order chi connectivity index (χ1) is 8.62. The fraction of sp³-hybridized carbons (Fsp3) is 0.333. The Labute approximate surface area is 105 Å². The normalized spacial score (nSPS) is 9.50. The number of carbonyl (C=O) groups excluding carboxylic acids is 2. The van der Waals surface area contributed by atoms with Crippen molar-refractivity contribution >= 4 is 11.8 Å². The van der Waals surface area contributed by atoms with Crippen molar-refractivity contribution < 1.29 is 19.1 Å². The van der Waals surface area contributed by atoms with E-state index in [2.05, 4.69) is 10.6 Å². The minimum absolute atomic E-state index is 0.0658. The molecular formula is C12H16N2O4. The zero-order chi connectivity index (χ0) is 13.5. The summed E-state index contributed by atoms with van der Waals surface area (Å²) in [5.41, 5.74) is 0.400. The third-order valence-corrected chi connectivity index (χ3v) is 2.33. The number of nitrogens with one attached hydrogen (secondary N) is 2. The van der Waals surface area contributed by atoms with E-state index in [9.17, 15) is 9.59 Å². The molecule has 0 aliphatic heterocycles. The summed E-state index contributed by atoms with van der Waals surface area (Å²) in [7, 11) is 4.51. The Balaban J connectivity index is 2.77. The minimum Gasteiger partial charge on any atom is -0.493 e. The topological polar surface area (TPSA) is 76.7 Å². The average molecular weight is 252 g/mol. The lowest BCUT2D eigenvalue weighted by Gasteiger charge is -2.09. The van der Waals surface area contributed by atoms with Crippen molar-refractivity contribution in [3.8, 4) is 11.5 Å². The number of rotatable bonds is 5. The van der Waals surface area contributed by atoms with Crippen LogP contribution in [0.3, 0.4) is 0 Å². The summed E-state index contributed by atoms with van der Waals surface area (Å²) in [5.74, 6) is 0.397. The molecule has 2 amide bonds. The molecule has 0 unspecified atom stereocenters. The van der Waals surface area contributed by atoms with Crippen LogP contribution in [0.15, 0.2) is 18.2 Å². The van der Waals surface area contributed by atoms with E-state index in [1.54, 1.807) is 18.2 Å². The van der Waals surface area contributed by atoms with Crippen LogP contribution in [0.2, 0.25) is 0 Å². The predicted molar refractivity (Wildman–Crippen MR) is 65.9 cm³/mol. The van der Waals surface area contributed by atoms with Crippen LogP contribution >= 0.6 is 0 Å². The van der Waals surface area contributed by atoms with Gasteiger partial charge in [-0.25, -0.2) is 0 Å². The van der Waals surface area contributed by atoms with E-state index in [0.29, 0.717) is 17.1 Å². The second-order valence-electron chi connectivity index (χ2n) is 3.43. The average Bonchev–Trinajstić information content (AvgIpc) is 2.43. The van der Waals surface area contributed by atoms with E-state index >= 15 is 0 Å². The van der Waals surface area contributed by atoms with Crippen molar-refractivity contribution in [1.29, 1.82) is 0 Å². The summed E-state index contributed by atoms with van der Waals surface area (Å²) in [4.78, 5) is 22.7. The van der Waals surface area contributed by atoms with Crippen LogP contribution in [-0.2, 0) is 4.79 Å². The van der Waals surface area contributed by atoms with Gasteiger partial charge in [0.15, 0.2) is 11.5 Å². The maximum absolute atomic E-state index is 11.7. The first kappa shape index (κ1) is 13.8. The standard InChI is InChI=1S/C12H16N2O4/c1-13-11(15)7-14-12(16)8-4-5-9(17-2)10(6-8)18-3/h4-6H,7H2,1-3H3,(H,13,15)(H,14,16). The van der Waals surface area contributed by atoms with Crippen molar-refractivity contribution in [2.24, 2.45) is 0 Å². The van der Waals surface area contributed by atoms with E-state index in [0.717, 1.165) is 0 Å². The molecule has 1 rings (SSSR count). The van der Waals surface area contributed by atoms with Crippen molar-refractivity contribution in [3.63, 3.8) is 0 Å². The molecule has 98 valence electrons. The molecular weight excluding hydrogens is 236 g/mol. The lowest BCUT2D eigenvalue weighted by molar-refractivity contribution is -0.119. The van der Waals surface area contributed by atoms with Crippen LogP contribution in [0.5, 0.6) is 11.5 Å². The molecule has 0 atom stereocenters. The van der Waals surface area contributed by atoms with E-state index in [-0.39, 0.29) is 18.4 Å². The molecule has 0 bridgehead atoms. The SMILES string of the molecule is CNC(=O)CNC(=O)c1ccc(OC)c(OC)c1. The van der Waals surface area contributed by atoms with Gasteiger partial charge in [-0.3, -0.25) is 9.59 Å². The Morgan fingerprint density at radius 1 is 1.17 bits per heavy atom. The van der Waals surface area contributed by atoms with Crippen LogP contribution in [0.25, 0.3) is 0 Å². The summed E-state index contributed by atoms with van der Waals surface area (Å²) < 4.78 is 10.2. The maximum Gasteiger partial charge on any atom is 0.251 e. The van der Waals surface area contributed by atoms with E-state index in [4.69, 9.17) is 9.47 Å². The number of benzene rings is 1. The molecule has 0 heterocycles. The van der Waals surface area contributed by atoms with Crippen molar-refractivity contribution in [1.82, 2.24) is 10.6 Å². The predicted octanol–water partition coefficient (Wildman–Crippen LogP) is 0.180. The molecule has 0 fully saturated rings. The second kappa shape index (κ2) is 6.48. The Hall–Kier alpha value is -2.24. The highest BCUT2D eigenvalue weighted by atomic mass is 16.5. The molecule has 0 aliphatic carbocycles. The molecule has 0 saturated heterocycles. The monoisotopic (exact) mass is 252 g/mol. The van der Waals surface area contributed by atoms with Gasteiger partial charge in [0.2, 0.25) is 5.91 Å². The van der Waals surface area contributed by atoms with Crippen LogP contribution in [0.1, 0.15) is 10.4 Å². The molecule has 1 aromatic carbocycles. The number of amides is 2. The molecule has 18 heavy (non-hydrogen) atoms. The number of carbonyl (C=O) groups is 2. The Morgan fingerprint density at radius 2 is 1.83 bits per heavy atom. The highest BCUT2D eigenvalue weighted by Gasteiger charge is 2.11. The van der Waals surface area contributed by atoms with Gasteiger partial charge in [0, 0.05) is 12.6 Å². The van der Waals surface area contributed by atoms with Crippen molar-refractivity contribution in [2.45, 2.75) is 0 Å². The van der Waals surface area contributed by atoms with Gasteiger partial charge in [-0.2, -0.15) is 0 Å². The summed E-state index contributed by atoms with van der Waals surface area (Å²) in [6.07, 6.45) is 0. The first-order valence-corrected chi connectivity index (χ1v) is 5.33. The molecule has 0 radical (unpaired) electrons. The molecule has 6 nitrogen and oxygen atoms in total. The molecule has 6 heteroatoms. The van der Waals surface area contributed by atoms with Crippen LogP contribution < -0.4 is 20.1 Å². The molecule has 1 aromatic rings. The second-order valence-corrected chi connectivity index (χ2v) is 3.43. The molecule has 0 spiro atoms. The number of ether oxygens (including phenoxy) is 2. The Morgan fingerprint density at radius 3 is 2.39 bits per heavy atom. The van der Waals surface area contributed by atoms with Gasteiger partial charge < -0.3 is 20.1 Å². The quantitative estimate of drug-likeness (QED) is 0.783. The minimum atomic E-state index is -0.348. The summed E-state index contributed by atoms with van der Waals surface area (Å²) in [5, 5.41) is 4.91. The van der Waals surface area contributed by atoms with Gasteiger partial charge in [0.05, 0.1) is 20.8 Å². The highest BCUT2D eigenvalue weighted by Crippen LogP contribution is 2.27. The van der Waals surface area contributed by atoms with Gasteiger partial charge >= 0.3 is 0 Å². The molecule has 0 saturated carbocycles. The zero-order valence-electron chi connectivity index (χ0n) is 10.6. The van der Waals surface area contributed by atoms with Gasteiger partial charge in [-0.1, -0.05) is 0 Å². The third-order valence-electron chi connectivity index (χ3n) is 2.33. The van der Waals surface area contributed by atoms with Gasteiger partial charge in [0.25, 0.3) is 5.91 Å². The Bertz CT molecular complexity index is 446. The fourth-order valence-electron chi connectivity index (χ4n) is 1.33. The third kappa shape index (κ3) is 3.38. The Kier molecular flexibility index (Phi) is 4.98. The highest BCUT2D eigenvalue weighted by molar-refractivity contribution is 5.97. The van der Waals surface area contributed by atoms with Crippen LogP contribution in [0.4, 0.5) is 0 Å².